The second-order valence-corrected chi connectivity index (χ2v) is 5.88. The molecule has 0 aliphatic heterocycles. The Morgan fingerprint density at radius 2 is 1.68 bits per heavy atom. The van der Waals surface area contributed by atoms with E-state index in [1.807, 2.05) is 0 Å². The lowest BCUT2D eigenvalue weighted by Gasteiger charge is -2.09. The molecule has 0 bridgehead atoms. The van der Waals surface area contributed by atoms with Crippen LogP contribution < -0.4 is 26.1 Å². The Balaban J connectivity index is 1.51. The van der Waals surface area contributed by atoms with Crippen LogP contribution in [0.25, 0.3) is 11.0 Å². The van der Waals surface area contributed by atoms with Gasteiger partial charge < -0.3 is 24.9 Å². The van der Waals surface area contributed by atoms with Crippen molar-refractivity contribution in [3.05, 3.63) is 65.0 Å². The van der Waals surface area contributed by atoms with Crippen LogP contribution in [0.15, 0.2) is 63.8 Å². The molecule has 0 unspecified atom stereocenters. The Morgan fingerprint density at radius 3 is 2.43 bits per heavy atom. The van der Waals surface area contributed by atoms with Crippen LogP contribution >= 0.6 is 0 Å². The molecule has 2 aromatic carbocycles. The Hall–Kier alpha value is -3.81. The molecule has 3 N–H and O–H groups in total. The number of rotatable bonds is 8. The van der Waals surface area contributed by atoms with Crippen LogP contribution in [0, 0.1) is 0 Å². The minimum Gasteiger partial charge on any atom is -0.493 e. The van der Waals surface area contributed by atoms with Gasteiger partial charge in [-0.25, -0.2) is 4.79 Å². The fraction of sp³-hybridized carbons (Fsp3) is 0.150. The van der Waals surface area contributed by atoms with E-state index in [9.17, 15) is 14.4 Å². The van der Waals surface area contributed by atoms with E-state index in [1.54, 1.807) is 48.5 Å². The van der Waals surface area contributed by atoms with Crippen molar-refractivity contribution in [2.75, 3.05) is 18.5 Å². The third-order valence-corrected chi connectivity index (χ3v) is 3.72. The molecular weight excluding hydrogens is 364 g/mol. The van der Waals surface area contributed by atoms with Crippen LogP contribution in [0.4, 0.5) is 5.69 Å². The van der Waals surface area contributed by atoms with Crippen molar-refractivity contribution >= 4 is 28.5 Å². The molecule has 0 radical (unpaired) electrons. The van der Waals surface area contributed by atoms with Crippen LogP contribution in [-0.4, -0.2) is 25.0 Å². The van der Waals surface area contributed by atoms with Crippen molar-refractivity contribution in [2.45, 2.75) is 6.42 Å². The highest BCUT2D eigenvalue weighted by Crippen LogP contribution is 2.20. The Morgan fingerprint density at radius 1 is 0.964 bits per heavy atom. The Labute approximate surface area is 159 Å². The van der Waals surface area contributed by atoms with E-state index >= 15 is 0 Å². The number of benzene rings is 2. The molecule has 1 aromatic heterocycles. The van der Waals surface area contributed by atoms with Crippen molar-refractivity contribution < 1.29 is 23.5 Å². The smallest absolute Gasteiger partial charge is 0.336 e. The van der Waals surface area contributed by atoms with Gasteiger partial charge in [0, 0.05) is 23.2 Å². The van der Waals surface area contributed by atoms with Gasteiger partial charge >= 0.3 is 5.63 Å². The largest absolute Gasteiger partial charge is 0.493 e. The zero-order valence-corrected chi connectivity index (χ0v) is 14.8. The van der Waals surface area contributed by atoms with Gasteiger partial charge in [0.15, 0.2) is 6.61 Å². The summed E-state index contributed by atoms with van der Waals surface area (Å²) >= 11 is 0. The highest BCUT2D eigenvalue weighted by atomic mass is 16.5. The molecule has 3 aromatic rings. The minimum atomic E-state index is -0.454. The third-order valence-electron chi connectivity index (χ3n) is 3.72. The molecule has 0 saturated carbocycles. The predicted molar refractivity (Wildman–Crippen MR) is 102 cm³/mol. The average Bonchev–Trinajstić information content (AvgIpc) is 2.67. The van der Waals surface area contributed by atoms with E-state index in [0.29, 0.717) is 22.8 Å². The van der Waals surface area contributed by atoms with Gasteiger partial charge in [0.05, 0.1) is 13.0 Å². The summed E-state index contributed by atoms with van der Waals surface area (Å²) in [6.45, 7) is -0.0137. The standard InChI is InChI=1S/C20H18N2O6/c21-18(23)9-10-26-15-6-3-14(4-7-15)22-19(24)12-27-16-5-1-13-2-8-20(25)28-17(13)11-16/h1-8,11H,9-10,12H2,(H2,21,23)(H,22,24). The number of hydrogen-bond acceptors (Lipinski definition) is 6. The summed E-state index contributed by atoms with van der Waals surface area (Å²) < 4.78 is 15.9. The highest BCUT2D eigenvalue weighted by Gasteiger charge is 2.06. The number of anilines is 1. The van der Waals surface area contributed by atoms with Gasteiger partial charge in [-0.1, -0.05) is 0 Å². The van der Waals surface area contributed by atoms with Gasteiger partial charge in [-0.3, -0.25) is 9.59 Å². The molecule has 1 heterocycles. The normalized spacial score (nSPS) is 10.4. The number of amides is 2. The van der Waals surface area contributed by atoms with Gasteiger partial charge in [-0.05, 0) is 42.5 Å². The molecule has 3 rings (SSSR count). The number of ether oxygens (including phenoxy) is 2. The molecule has 0 atom stereocenters. The van der Waals surface area contributed by atoms with Crippen LogP contribution in [0.3, 0.4) is 0 Å². The van der Waals surface area contributed by atoms with Crippen molar-refractivity contribution in [1.82, 2.24) is 0 Å². The number of carbonyl (C=O) groups is 2. The van der Waals surface area contributed by atoms with E-state index in [1.165, 1.54) is 6.07 Å². The first-order valence-electron chi connectivity index (χ1n) is 8.47. The molecule has 144 valence electrons. The van der Waals surface area contributed by atoms with Crippen LogP contribution in [-0.2, 0) is 9.59 Å². The number of nitrogens with one attached hydrogen (secondary N) is 1. The van der Waals surface area contributed by atoms with Crippen LogP contribution in [0.2, 0.25) is 0 Å². The van der Waals surface area contributed by atoms with Crippen molar-refractivity contribution in [3.8, 4) is 11.5 Å². The second-order valence-electron chi connectivity index (χ2n) is 5.88. The monoisotopic (exact) mass is 382 g/mol. The molecule has 0 fully saturated rings. The fourth-order valence-electron chi connectivity index (χ4n) is 2.38. The fourth-order valence-corrected chi connectivity index (χ4v) is 2.38. The highest BCUT2D eigenvalue weighted by molar-refractivity contribution is 5.92. The number of carbonyl (C=O) groups excluding carboxylic acids is 2. The molecular formula is C20H18N2O6. The van der Waals surface area contributed by atoms with Gasteiger partial charge in [0.25, 0.3) is 5.91 Å². The van der Waals surface area contributed by atoms with E-state index in [2.05, 4.69) is 5.32 Å². The SMILES string of the molecule is NC(=O)CCOc1ccc(NC(=O)COc2ccc3ccc(=O)oc3c2)cc1. The topological polar surface area (TPSA) is 121 Å². The maximum Gasteiger partial charge on any atom is 0.336 e. The van der Waals surface area contributed by atoms with Gasteiger partial charge in [0.2, 0.25) is 5.91 Å². The summed E-state index contributed by atoms with van der Waals surface area (Å²) in [4.78, 5) is 34.0. The first-order valence-corrected chi connectivity index (χ1v) is 8.47. The average molecular weight is 382 g/mol. The molecule has 2 amide bonds. The summed E-state index contributed by atoms with van der Waals surface area (Å²) in [5.74, 6) is 0.192. The molecule has 0 aliphatic rings. The number of nitrogens with two attached hydrogens (primary N) is 1. The maximum absolute atomic E-state index is 12.0. The summed E-state index contributed by atoms with van der Waals surface area (Å²) in [6, 6.07) is 14.7. The molecule has 0 aliphatic carbocycles. The van der Waals surface area contributed by atoms with E-state index < -0.39 is 11.5 Å². The van der Waals surface area contributed by atoms with E-state index in [0.717, 1.165) is 5.39 Å². The van der Waals surface area contributed by atoms with Crippen molar-refractivity contribution in [3.63, 3.8) is 0 Å². The minimum absolute atomic E-state index is 0.133. The second kappa shape index (κ2) is 8.72. The molecule has 0 saturated heterocycles. The van der Waals surface area contributed by atoms with Gasteiger partial charge in [-0.2, -0.15) is 0 Å². The quantitative estimate of drug-likeness (QED) is 0.575. The van der Waals surface area contributed by atoms with Crippen molar-refractivity contribution in [1.29, 1.82) is 0 Å². The lowest BCUT2D eigenvalue weighted by atomic mass is 10.2. The summed E-state index contributed by atoms with van der Waals surface area (Å²) in [7, 11) is 0. The summed E-state index contributed by atoms with van der Waals surface area (Å²) in [6.07, 6.45) is 0.133. The van der Waals surface area contributed by atoms with Gasteiger partial charge in [0.1, 0.15) is 17.1 Å². The molecule has 0 spiro atoms. The first kappa shape index (κ1) is 19.0. The zero-order chi connectivity index (χ0) is 19.9. The van der Waals surface area contributed by atoms with Crippen LogP contribution in [0.1, 0.15) is 6.42 Å². The summed E-state index contributed by atoms with van der Waals surface area (Å²) in [5.41, 5.74) is 5.54. The number of primary amides is 1. The Kier molecular flexibility index (Phi) is 5.91. The third kappa shape index (κ3) is 5.34. The molecule has 8 heteroatoms. The summed E-state index contributed by atoms with van der Waals surface area (Å²) in [5, 5.41) is 3.45. The maximum atomic E-state index is 12.0. The molecule has 8 nitrogen and oxygen atoms in total. The number of hydrogen-bond donors (Lipinski definition) is 2. The van der Waals surface area contributed by atoms with E-state index in [-0.39, 0.29) is 25.5 Å². The Bertz CT molecular complexity index is 1040. The molecule has 28 heavy (non-hydrogen) atoms. The predicted octanol–water partition coefficient (Wildman–Crippen LogP) is 2.06. The lowest BCUT2D eigenvalue weighted by molar-refractivity contribution is -0.119. The zero-order valence-electron chi connectivity index (χ0n) is 14.8. The lowest BCUT2D eigenvalue weighted by Crippen LogP contribution is -2.20. The van der Waals surface area contributed by atoms with E-state index in [4.69, 9.17) is 19.6 Å². The van der Waals surface area contributed by atoms with Gasteiger partial charge in [-0.15, -0.1) is 0 Å². The van der Waals surface area contributed by atoms with Crippen LogP contribution in [0.5, 0.6) is 11.5 Å². The van der Waals surface area contributed by atoms with Crippen molar-refractivity contribution in [2.24, 2.45) is 5.73 Å². The number of fused-ring (bicyclic) bond motifs is 1. The first-order chi connectivity index (χ1) is 13.5.